The van der Waals surface area contributed by atoms with E-state index >= 15 is 0 Å². The van der Waals surface area contributed by atoms with E-state index in [9.17, 15) is 9.00 Å². The molecule has 0 aliphatic rings. The molecule has 0 bridgehead atoms. The molecule has 4 nitrogen and oxygen atoms in total. The fraction of sp³-hybridized carbons (Fsp3) is 0.364. The lowest BCUT2D eigenvalue weighted by Gasteiger charge is -2.05. The van der Waals surface area contributed by atoms with Crippen molar-refractivity contribution in [3.05, 3.63) is 28.7 Å². The van der Waals surface area contributed by atoms with Crippen LogP contribution in [0.4, 0.5) is 5.69 Å². The van der Waals surface area contributed by atoms with E-state index < -0.39 is 10.8 Å². The van der Waals surface area contributed by atoms with Crippen LogP contribution < -0.4 is 11.1 Å². The second kappa shape index (κ2) is 7.58. The fourth-order valence-electron chi connectivity index (χ4n) is 1.23. The van der Waals surface area contributed by atoms with Crippen LogP contribution in [-0.4, -0.2) is 28.2 Å². The van der Waals surface area contributed by atoms with Crippen molar-refractivity contribution in [3.63, 3.8) is 0 Å². The zero-order valence-corrected chi connectivity index (χ0v) is 11.7. The number of benzene rings is 1. The van der Waals surface area contributed by atoms with Gasteiger partial charge in [-0.05, 0) is 31.2 Å². The second-order valence-corrected chi connectivity index (χ2v) is 5.98. The highest BCUT2D eigenvalue weighted by Gasteiger charge is 2.07. The summed E-state index contributed by atoms with van der Waals surface area (Å²) in [6.07, 6.45) is 0.677. The highest BCUT2D eigenvalue weighted by Crippen LogP contribution is 2.15. The summed E-state index contributed by atoms with van der Waals surface area (Å²) in [4.78, 5) is 11.5. The summed E-state index contributed by atoms with van der Waals surface area (Å²) in [6.45, 7) is 0.499. The summed E-state index contributed by atoms with van der Waals surface area (Å²) >= 11 is 3.31. The maximum atomic E-state index is 11.5. The molecule has 0 spiro atoms. The first-order valence-electron chi connectivity index (χ1n) is 5.22. The molecule has 0 saturated carbocycles. The number of anilines is 1. The van der Waals surface area contributed by atoms with Crippen molar-refractivity contribution in [2.45, 2.75) is 6.42 Å². The van der Waals surface area contributed by atoms with Gasteiger partial charge in [-0.3, -0.25) is 9.00 Å². The largest absolute Gasteiger partial charge is 0.330 e. The Balaban J connectivity index is 2.42. The number of hydrogen-bond donors (Lipinski definition) is 2. The van der Waals surface area contributed by atoms with Crippen LogP contribution in [0.25, 0.3) is 0 Å². The SMILES string of the molecule is NCCCS(=O)CC(=O)Nc1cccc(Br)c1. The molecule has 6 heteroatoms. The Labute approximate surface area is 112 Å². The number of carbonyl (C=O) groups is 1. The monoisotopic (exact) mass is 318 g/mol. The Kier molecular flexibility index (Phi) is 6.39. The molecule has 0 aliphatic carbocycles. The van der Waals surface area contributed by atoms with Crippen LogP contribution in [0.1, 0.15) is 6.42 Å². The maximum Gasteiger partial charge on any atom is 0.236 e. The van der Waals surface area contributed by atoms with Crippen LogP contribution in [0, 0.1) is 0 Å². The molecule has 1 rings (SSSR count). The quantitative estimate of drug-likeness (QED) is 0.834. The van der Waals surface area contributed by atoms with Crippen LogP contribution in [0.15, 0.2) is 28.7 Å². The number of halogens is 1. The summed E-state index contributed by atoms with van der Waals surface area (Å²) in [5.74, 6) is 0.257. The van der Waals surface area contributed by atoms with Gasteiger partial charge in [0, 0.05) is 26.7 Å². The Bertz CT molecular complexity index is 412. The lowest BCUT2D eigenvalue weighted by atomic mass is 10.3. The number of rotatable bonds is 6. The molecule has 1 unspecified atom stereocenters. The predicted octanol–water partition coefficient (Wildman–Crippen LogP) is 1.49. The highest BCUT2D eigenvalue weighted by molar-refractivity contribution is 9.10. The van der Waals surface area contributed by atoms with Gasteiger partial charge in [-0.15, -0.1) is 0 Å². The van der Waals surface area contributed by atoms with Gasteiger partial charge in [0.1, 0.15) is 5.75 Å². The van der Waals surface area contributed by atoms with Crippen LogP contribution in [0.5, 0.6) is 0 Å². The number of hydrogen-bond acceptors (Lipinski definition) is 3. The highest BCUT2D eigenvalue weighted by atomic mass is 79.9. The van der Waals surface area contributed by atoms with Gasteiger partial charge < -0.3 is 11.1 Å². The standard InChI is InChI=1S/C11H15BrN2O2S/c12-9-3-1-4-10(7-9)14-11(15)8-17(16)6-2-5-13/h1,3-4,7H,2,5-6,8,13H2,(H,14,15). The smallest absolute Gasteiger partial charge is 0.236 e. The Hall–Kier alpha value is -0.720. The number of nitrogens with one attached hydrogen (secondary N) is 1. The normalized spacial score (nSPS) is 12.1. The third-order valence-electron chi connectivity index (χ3n) is 1.98. The van der Waals surface area contributed by atoms with E-state index in [4.69, 9.17) is 5.73 Å². The average Bonchev–Trinajstić information content (AvgIpc) is 2.26. The van der Waals surface area contributed by atoms with Gasteiger partial charge in [0.2, 0.25) is 5.91 Å². The summed E-state index contributed by atoms with van der Waals surface area (Å²) < 4.78 is 12.3. The molecule has 0 fully saturated rings. The van der Waals surface area contributed by atoms with Crippen molar-refractivity contribution in [1.82, 2.24) is 0 Å². The van der Waals surface area contributed by atoms with E-state index in [1.165, 1.54) is 0 Å². The number of carbonyl (C=O) groups excluding carboxylic acids is 1. The lowest BCUT2D eigenvalue weighted by molar-refractivity contribution is -0.113. The van der Waals surface area contributed by atoms with Crippen molar-refractivity contribution in [2.24, 2.45) is 5.73 Å². The van der Waals surface area contributed by atoms with Crippen LogP contribution >= 0.6 is 15.9 Å². The molecule has 0 aromatic heterocycles. The van der Waals surface area contributed by atoms with E-state index in [1.54, 1.807) is 12.1 Å². The van der Waals surface area contributed by atoms with Crippen molar-refractivity contribution in [2.75, 3.05) is 23.4 Å². The van der Waals surface area contributed by atoms with Gasteiger partial charge in [0.25, 0.3) is 0 Å². The Morgan fingerprint density at radius 2 is 2.24 bits per heavy atom. The minimum Gasteiger partial charge on any atom is -0.330 e. The molecule has 0 radical (unpaired) electrons. The van der Waals surface area contributed by atoms with Gasteiger partial charge in [-0.25, -0.2) is 0 Å². The predicted molar refractivity (Wildman–Crippen MR) is 74.3 cm³/mol. The van der Waals surface area contributed by atoms with Crippen molar-refractivity contribution in [3.8, 4) is 0 Å². The van der Waals surface area contributed by atoms with Gasteiger partial charge in [-0.2, -0.15) is 0 Å². The first kappa shape index (κ1) is 14.3. The first-order chi connectivity index (χ1) is 8.11. The fourth-order valence-corrected chi connectivity index (χ4v) is 2.62. The third-order valence-corrected chi connectivity index (χ3v) is 3.80. The summed E-state index contributed by atoms with van der Waals surface area (Å²) in [5.41, 5.74) is 6.00. The molecule has 3 N–H and O–H groups in total. The lowest BCUT2D eigenvalue weighted by Crippen LogP contribution is -2.21. The molecule has 0 saturated heterocycles. The summed E-state index contributed by atoms with van der Waals surface area (Å²) in [6, 6.07) is 7.27. The van der Waals surface area contributed by atoms with E-state index in [1.807, 2.05) is 12.1 Å². The third kappa shape index (κ3) is 5.95. The van der Waals surface area contributed by atoms with Crippen molar-refractivity contribution in [1.29, 1.82) is 0 Å². The molecule has 1 amide bonds. The van der Waals surface area contributed by atoms with E-state index in [2.05, 4.69) is 21.2 Å². The topological polar surface area (TPSA) is 72.2 Å². The van der Waals surface area contributed by atoms with Crippen molar-refractivity contribution < 1.29 is 9.00 Å². The first-order valence-corrected chi connectivity index (χ1v) is 7.50. The molecule has 1 aromatic rings. The maximum absolute atomic E-state index is 11.5. The van der Waals surface area contributed by atoms with Gasteiger partial charge in [-0.1, -0.05) is 22.0 Å². The van der Waals surface area contributed by atoms with Crippen LogP contribution in [0.3, 0.4) is 0 Å². The minimum absolute atomic E-state index is 0.0204. The average molecular weight is 319 g/mol. The van der Waals surface area contributed by atoms with E-state index in [0.717, 1.165) is 4.47 Å². The van der Waals surface area contributed by atoms with Gasteiger partial charge in [0.05, 0.1) is 0 Å². The molecular weight excluding hydrogens is 304 g/mol. The zero-order valence-electron chi connectivity index (χ0n) is 9.32. The Morgan fingerprint density at radius 3 is 2.88 bits per heavy atom. The van der Waals surface area contributed by atoms with Crippen molar-refractivity contribution >= 4 is 38.3 Å². The minimum atomic E-state index is -1.13. The molecular formula is C11H15BrN2O2S. The molecule has 0 heterocycles. The zero-order chi connectivity index (χ0) is 12.7. The van der Waals surface area contributed by atoms with Gasteiger partial charge >= 0.3 is 0 Å². The van der Waals surface area contributed by atoms with E-state index in [0.29, 0.717) is 24.4 Å². The summed E-state index contributed by atoms with van der Waals surface area (Å²) in [7, 11) is -1.13. The molecule has 94 valence electrons. The van der Waals surface area contributed by atoms with Crippen LogP contribution in [-0.2, 0) is 15.6 Å². The second-order valence-electron chi connectivity index (χ2n) is 3.49. The molecule has 1 atom stereocenters. The molecule has 1 aromatic carbocycles. The number of nitrogens with two attached hydrogens (primary N) is 1. The molecule has 0 aliphatic heterocycles. The van der Waals surface area contributed by atoms with Crippen LogP contribution in [0.2, 0.25) is 0 Å². The number of amides is 1. The van der Waals surface area contributed by atoms with Gasteiger partial charge in [0.15, 0.2) is 0 Å². The van der Waals surface area contributed by atoms with E-state index in [-0.39, 0.29) is 11.7 Å². The summed E-state index contributed by atoms with van der Waals surface area (Å²) in [5, 5.41) is 2.70. The molecule has 17 heavy (non-hydrogen) atoms. The Morgan fingerprint density at radius 1 is 1.47 bits per heavy atom.